The van der Waals surface area contributed by atoms with Crippen LogP contribution in [0.4, 0.5) is 0 Å². The molecule has 0 spiro atoms. The molecule has 0 saturated heterocycles. The fraction of sp³-hybridized carbons (Fsp3) is 0.191. The lowest BCUT2D eigenvalue weighted by atomic mass is 9.80. The molecule has 6 aromatic rings. The second-order valence-electron chi connectivity index (χ2n) is 12.9. The Kier molecular flexibility index (Phi) is 20.9. The van der Waals surface area contributed by atoms with Crippen molar-refractivity contribution >= 4 is 47.1 Å². The fourth-order valence-corrected chi connectivity index (χ4v) is 5.88. The number of aliphatic hydroxyl groups is 2. The van der Waals surface area contributed by atoms with E-state index < -0.39 is 13.1 Å². The molecule has 12 heteroatoms. The van der Waals surface area contributed by atoms with Crippen molar-refractivity contribution in [3.05, 3.63) is 183 Å². The van der Waals surface area contributed by atoms with Gasteiger partial charge in [0, 0.05) is 3.57 Å². The van der Waals surface area contributed by atoms with Gasteiger partial charge in [0.05, 0.1) is 32.7 Å². The minimum atomic E-state index is -1.46. The third-order valence-electron chi connectivity index (χ3n) is 8.35. The molecule has 6 rings (SSSR count). The van der Waals surface area contributed by atoms with Gasteiger partial charge in [-0.15, -0.1) is 0 Å². The predicted molar refractivity (Wildman–Crippen MR) is 239 cm³/mol. The number of rotatable bonds is 15. The molecule has 59 heavy (non-hydrogen) atoms. The van der Waals surface area contributed by atoms with Crippen LogP contribution in [0.15, 0.2) is 146 Å². The molecule has 0 aliphatic heterocycles. The zero-order valence-corrected chi connectivity index (χ0v) is 34.2. The second-order valence-corrected chi connectivity index (χ2v) is 14.1. The van der Waals surface area contributed by atoms with Gasteiger partial charge in [-0.05, 0) is 122 Å². The molecule has 5 N–H and O–H groups in total. The average Bonchev–Trinajstić information content (AvgIpc) is 3.23. The Morgan fingerprint density at radius 2 is 1.05 bits per heavy atom. The maximum Gasteiger partial charge on any atom is 0.488 e. The number of aliphatic hydroxyl groups excluding tert-OH is 2. The molecule has 0 saturated carbocycles. The first-order valence-electron chi connectivity index (χ1n) is 18.5. The number of carboxylic acids is 1. The average molecular weight is 913 g/mol. The van der Waals surface area contributed by atoms with E-state index in [1.807, 2.05) is 122 Å². The predicted octanol–water partition coefficient (Wildman–Crippen LogP) is 7.52. The van der Waals surface area contributed by atoms with E-state index in [0.29, 0.717) is 37.3 Å². The Labute approximate surface area is 360 Å². The van der Waals surface area contributed by atoms with Crippen molar-refractivity contribution in [3.63, 3.8) is 0 Å². The Morgan fingerprint density at radius 3 is 1.58 bits per heavy atom. The van der Waals surface area contributed by atoms with Crippen LogP contribution in [0.25, 0.3) is 11.1 Å². The number of aliphatic carboxylic acids is 1. The number of carbonyl (C=O) groups is 2. The third-order valence-corrected chi connectivity index (χ3v) is 9.06. The standard InChI is InChI=1S/C22H20O4.C17H17IO3.C7H9BO3.CH4/c23-14-17-4-2-6-20(12-17)19-7-9-21(10-8-19)26-15-18-5-1-3-16(11-18)13-22(24)25;1-2-20-17(19)11-13-4-3-5-14(10-13)12-21-16-8-6-15(18)7-9-16;9-5-6-2-1-3-7(4-6)8(10)11;/h1-12,23H,13-15H2,(H,24,25);3-10H,2,11-12H2,1H3;1-4,9-11H,5H2;1H4. The van der Waals surface area contributed by atoms with E-state index in [0.717, 1.165) is 50.4 Å². The number of hydrogen-bond donors (Lipinski definition) is 5. The lowest BCUT2D eigenvalue weighted by molar-refractivity contribution is -0.142. The van der Waals surface area contributed by atoms with Crippen molar-refractivity contribution in [2.45, 2.75) is 53.6 Å². The highest BCUT2D eigenvalue weighted by atomic mass is 127. The SMILES string of the molecule is C.CCOC(=O)Cc1cccc(COc2ccc(I)cc2)c1.O=C(O)Cc1cccc(COc2ccc(-c3cccc(CO)c3)cc2)c1.OCc1cccc(B(O)O)c1. The summed E-state index contributed by atoms with van der Waals surface area (Å²) in [5.41, 5.74) is 7.73. The molecular weight excluding hydrogens is 862 g/mol. The number of hydrogen-bond acceptors (Lipinski definition) is 9. The van der Waals surface area contributed by atoms with E-state index in [2.05, 4.69) is 22.6 Å². The Hall–Kier alpha value is -5.51. The van der Waals surface area contributed by atoms with E-state index in [1.54, 1.807) is 30.3 Å². The molecule has 0 aromatic heterocycles. The maximum atomic E-state index is 11.5. The summed E-state index contributed by atoms with van der Waals surface area (Å²) in [6.45, 7) is 3.03. The summed E-state index contributed by atoms with van der Waals surface area (Å²) in [6.07, 6.45) is 0.306. The van der Waals surface area contributed by atoms with Gasteiger partial charge in [-0.25, -0.2) is 0 Å². The summed E-state index contributed by atoms with van der Waals surface area (Å²) in [7, 11) is -1.46. The van der Waals surface area contributed by atoms with Gasteiger partial charge in [0.15, 0.2) is 0 Å². The smallest absolute Gasteiger partial charge is 0.488 e. The van der Waals surface area contributed by atoms with Crippen LogP contribution in [0.1, 0.15) is 47.7 Å². The van der Waals surface area contributed by atoms with E-state index in [4.69, 9.17) is 34.5 Å². The maximum absolute atomic E-state index is 11.5. The molecular formula is C47H50BIO10. The van der Waals surface area contributed by atoms with Crippen molar-refractivity contribution in [2.75, 3.05) is 6.61 Å². The summed E-state index contributed by atoms with van der Waals surface area (Å²) in [5.74, 6) is 0.541. The highest BCUT2D eigenvalue weighted by Crippen LogP contribution is 2.24. The number of carboxylic acid groups (broad SMARTS) is 1. The van der Waals surface area contributed by atoms with Gasteiger partial charge < -0.3 is 39.6 Å². The monoisotopic (exact) mass is 912 g/mol. The summed E-state index contributed by atoms with van der Waals surface area (Å²) in [5, 5.41) is 44.2. The fourth-order valence-electron chi connectivity index (χ4n) is 5.52. The number of benzene rings is 6. The number of halogens is 1. The topological polar surface area (TPSA) is 163 Å². The van der Waals surface area contributed by atoms with Crippen LogP contribution in [0.2, 0.25) is 0 Å². The van der Waals surface area contributed by atoms with E-state index in [9.17, 15) is 14.7 Å². The van der Waals surface area contributed by atoms with E-state index in [-0.39, 0.29) is 33.0 Å². The van der Waals surface area contributed by atoms with Crippen LogP contribution in [0.3, 0.4) is 0 Å². The molecule has 0 amide bonds. The van der Waals surface area contributed by atoms with Gasteiger partial charge in [-0.2, -0.15) is 0 Å². The van der Waals surface area contributed by atoms with Gasteiger partial charge in [-0.3, -0.25) is 9.59 Å². The minimum absolute atomic E-state index is 0. The molecule has 308 valence electrons. The van der Waals surface area contributed by atoms with Crippen molar-refractivity contribution < 1.29 is 49.2 Å². The highest BCUT2D eigenvalue weighted by molar-refractivity contribution is 14.1. The Morgan fingerprint density at radius 1 is 0.576 bits per heavy atom. The van der Waals surface area contributed by atoms with Gasteiger partial charge in [0.1, 0.15) is 24.7 Å². The molecule has 6 aromatic carbocycles. The molecule has 0 bridgehead atoms. The van der Waals surface area contributed by atoms with Crippen LogP contribution in [0.5, 0.6) is 11.5 Å². The first kappa shape index (κ1) is 47.9. The lowest BCUT2D eigenvalue weighted by Crippen LogP contribution is -2.29. The Balaban J connectivity index is 0.000000253. The lowest BCUT2D eigenvalue weighted by Gasteiger charge is -2.09. The van der Waals surface area contributed by atoms with Gasteiger partial charge in [0.2, 0.25) is 0 Å². The second kappa shape index (κ2) is 25.8. The highest BCUT2D eigenvalue weighted by Gasteiger charge is 2.10. The van der Waals surface area contributed by atoms with E-state index in [1.165, 1.54) is 3.57 Å². The van der Waals surface area contributed by atoms with Crippen LogP contribution >= 0.6 is 22.6 Å². The summed E-state index contributed by atoms with van der Waals surface area (Å²) < 4.78 is 17.7. The number of esters is 1. The molecule has 0 atom stereocenters. The molecule has 0 fully saturated rings. The van der Waals surface area contributed by atoms with Crippen LogP contribution in [0, 0.1) is 3.57 Å². The molecule has 0 unspecified atom stereocenters. The number of carbonyl (C=O) groups excluding carboxylic acids is 1. The number of ether oxygens (including phenoxy) is 3. The Bertz CT molecular complexity index is 2180. The summed E-state index contributed by atoms with van der Waals surface area (Å²) >= 11 is 2.26. The largest absolute Gasteiger partial charge is 0.489 e. The van der Waals surface area contributed by atoms with Crippen molar-refractivity contribution in [2.24, 2.45) is 0 Å². The van der Waals surface area contributed by atoms with Crippen LogP contribution in [-0.2, 0) is 53.6 Å². The molecule has 10 nitrogen and oxygen atoms in total. The van der Waals surface area contributed by atoms with E-state index >= 15 is 0 Å². The summed E-state index contributed by atoms with van der Waals surface area (Å²) in [6, 6.07) is 45.2. The first-order chi connectivity index (χ1) is 28.0. The first-order valence-corrected chi connectivity index (χ1v) is 19.5. The van der Waals surface area contributed by atoms with Crippen LogP contribution < -0.4 is 14.9 Å². The van der Waals surface area contributed by atoms with Gasteiger partial charge >= 0.3 is 19.1 Å². The zero-order valence-electron chi connectivity index (χ0n) is 32.0. The van der Waals surface area contributed by atoms with Crippen LogP contribution in [-0.4, -0.2) is 51.0 Å². The van der Waals surface area contributed by atoms with Crippen molar-refractivity contribution in [3.8, 4) is 22.6 Å². The minimum Gasteiger partial charge on any atom is -0.489 e. The summed E-state index contributed by atoms with van der Waals surface area (Å²) in [4.78, 5) is 22.3. The quantitative estimate of drug-likeness (QED) is 0.0396. The normalized spacial score (nSPS) is 10.1. The van der Waals surface area contributed by atoms with Crippen molar-refractivity contribution in [1.29, 1.82) is 0 Å². The molecule has 0 radical (unpaired) electrons. The third kappa shape index (κ3) is 17.5. The van der Waals surface area contributed by atoms with Gasteiger partial charge in [-0.1, -0.05) is 111 Å². The van der Waals surface area contributed by atoms with Crippen molar-refractivity contribution in [1.82, 2.24) is 0 Å². The zero-order chi connectivity index (χ0) is 41.7. The molecule has 0 aliphatic rings. The molecule has 0 aliphatic carbocycles. The van der Waals surface area contributed by atoms with Gasteiger partial charge in [0.25, 0.3) is 0 Å². The molecule has 0 heterocycles.